The van der Waals surface area contributed by atoms with Crippen molar-refractivity contribution in [3.05, 3.63) is 60.4 Å². The van der Waals surface area contributed by atoms with Gasteiger partial charge in [0.05, 0.1) is 54.0 Å². The average Bonchev–Trinajstić information content (AvgIpc) is 3.63. The lowest BCUT2D eigenvalue weighted by Gasteiger charge is -2.48. The van der Waals surface area contributed by atoms with E-state index in [0.717, 1.165) is 53.8 Å². The Hall–Kier alpha value is -4.42. The number of likely N-dealkylation sites (tertiary alicyclic amines) is 2. The van der Waals surface area contributed by atoms with Gasteiger partial charge >= 0.3 is 0 Å². The standard InChI is InChI=1S/C39H45FN8O3/c1-24(2)47-23-42-33-19-32(44-36(35(33)47)43-31-8-11-41-20-30(31)40)25-6-7-29-34(16-25)48(28-17-27(18-28)45-12-4-3-5-13-45)38(50)39(29)9-14-46(15-10-39)37(49)26-21-51-22-26/h6-8,11,16,19-20,23-24,26-28H,3-5,9-10,12-15,17-18,21-22H2,1-2H3,(H,41,43,44). The molecular weight excluding hydrogens is 647 g/mol. The van der Waals surface area contributed by atoms with Gasteiger partial charge in [-0.1, -0.05) is 18.6 Å². The second-order valence-electron chi connectivity index (χ2n) is 15.4. The summed E-state index contributed by atoms with van der Waals surface area (Å²) in [4.78, 5) is 48.3. The van der Waals surface area contributed by atoms with Crippen molar-refractivity contribution in [2.45, 2.75) is 82.3 Å². The predicted octanol–water partition coefficient (Wildman–Crippen LogP) is 5.83. The summed E-state index contributed by atoms with van der Waals surface area (Å²) in [5, 5.41) is 3.23. The van der Waals surface area contributed by atoms with Gasteiger partial charge in [0, 0.05) is 48.7 Å². The molecule has 0 bridgehead atoms. The average molecular weight is 693 g/mol. The summed E-state index contributed by atoms with van der Waals surface area (Å²) in [6.07, 6.45) is 11.5. The van der Waals surface area contributed by atoms with E-state index in [9.17, 15) is 14.0 Å². The van der Waals surface area contributed by atoms with Gasteiger partial charge in [0.2, 0.25) is 11.8 Å². The number of anilines is 3. The summed E-state index contributed by atoms with van der Waals surface area (Å²) in [7, 11) is 0. The Kier molecular flexibility index (Phi) is 8.07. The van der Waals surface area contributed by atoms with Gasteiger partial charge in [-0.3, -0.25) is 14.6 Å². The zero-order chi connectivity index (χ0) is 34.9. The van der Waals surface area contributed by atoms with E-state index in [-0.39, 0.29) is 35.5 Å². The molecule has 12 heteroatoms. The quantitative estimate of drug-likeness (QED) is 0.258. The molecule has 51 heavy (non-hydrogen) atoms. The van der Waals surface area contributed by atoms with Gasteiger partial charge in [0.25, 0.3) is 0 Å². The second-order valence-corrected chi connectivity index (χ2v) is 15.4. The Labute approximate surface area is 297 Å². The number of nitrogens with one attached hydrogen (secondary N) is 1. The third kappa shape index (κ3) is 5.40. The summed E-state index contributed by atoms with van der Waals surface area (Å²) >= 11 is 0. The number of aromatic nitrogens is 4. The molecule has 0 atom stereocenters. The molecule has 11 nitrogen and oxygen atoms in total. The minimum absolute atomic E-state index is 0.0578. The SMILES string of the molecule is CC(C)n1cnc2cc(-c3ccc4c(c3)N(C3CC(N5CCCCC5)C3)C(=O)C43CCN(C(=O)C4COC4)CC3)nc(Nc3ccncc3F)c21. The maximum atomic E-state index is 14.8. The highest BCUT2D eigenvalue weighted by Gasteiger charge is 2.56. The third-order valence-electron chi connectivity index (χ3n) is 12.1. The summed E-state index contributed by atoms with van der Waals surface area (Å²) in [6, 6.07) is 10.6. The van der Waals surface area contributed by atoms with Crippen molar-refractivity contribution in [3.8, 4) is 11.3 Å². The maximum absolute atomic E-state index is 14.8. The van der Waals surface area contributed by atoms with Crippen molar-refractivity contribution in [2.75, 3.05) is 49.6 Å². The Balaban J connectivity index is 1.09. The van der Waals surface area contributed by atoms with E-state index in [0.29, 0.717) is 56.7 Å². The van der Waals surface area contributed by atoms with Crippen LogP contribution in [0.2, 0.25) is 0 Å². The van der Waals surface area contributed by atoms with Crippen LogP contribution in [0.5, 0.6) is 0 Å². The molecule has 2 amide bonds. The van der Waals surface area contributed by atoms with Crippen LogP contribution in [0.25, 0.3) is 22.3 Å². The van der Waals surface area contributed by atoms with Crippen LogP contribution < -0.4 is 10.2 Å². The van der Waals surface area contributed by atoms with Crippen molar-refractivity contribution in [3.63, 3.8) is 0 Å². The smallest absolute Gasteiger partial charge is 0.238 e. The highest BCUT2D eigenvalue weighted by atomic mass is 19.1. The minimum atomic E-state index is -0.657. The molecule has 9 rings (SSSR count). The van der Waals surface area contributed by atoms with Crippen molar-refractivity contribution < 1.29 is 18.7 Å². The first-order valence-electron chi connectivity index (χ1n) is 18.6. The largest absolute Gasteiger partial charge is 0.380 e. The first-order valence-corrected chi connectivity index (χ1v) is 18.6. The van der Waals surface area contributed by atoms with Crippen LogP contribution in [0.1, 0.15) is 70.4 Å². The van der Waals surface area contributed by atoms with E-state index in [1.54, 1.807) is 18.6 Å². The summed E-state index contributed by atoms with van der Waals surface area (Å²) in [6.45, 7) is 8.55. The topological polar surface area (TPSA) is 109 Å². The van der Waals surface area contributed by atoms with Gasteiger partial charge in [0.15, 0.2) is 11.6 Å². The Bertz CT molecular complexity index is 1990. The van der Waals surface area contributed by atoms with Crippen LogP contribution in [-0.2, 0) is 19.7 Å². The molecular formula is C39H45FN8O3. The number of carbonyl (C=O) groups excluding carboxylic acids is 2. The number of hydrogen-bond acceptors (Lipinski definition) is 8. The molecule has 1 saturated carbocycles. The summed E-state index contributed by atoms with van der Waals surface area (Å²) in [5.41, 5.74) is 4.72. The molecule has 4 aliphatic heterocycles. The van der Waals surface area contributed by atoms with E-state index in [1.165, 1.54) is 25.5 Å². The normalized spacial score (nSPS) is 23.5. The van der Waals surface area contributed by atoms with Crippen molar-refractivity contribution in [1.82, 2.24) is 29.3 Å². The molecule has 1 aliphatic carbocycles. The number of hydrogen-bond donors (Lipinski definition) is 1. The minimum Gasteiger partial charge on any atom is -0.380 e. The summed E-state index contributed by atoms with van der Waals surface area (Å²) < 4.78 is 22.2. The lowest BCUT2D eigenvalue weighted by Crippen LogP contribution is -2.59. The van der Waals surface area contributed by atoms with Crippen molar-refractivity contribution >= 4 is 40.0 Å². The fourth-order valence-electron chi connectivity index (χ4n) is 8.98. The number of imidazole rings is 1. The van der Waals surface area contributed by atoms with Crippen molar-refractivity contribution in [2.24, 2.45) is 5.92 Å². The van der Waals surface area contributed by atoms with Crippen LogP contribution >= 0.6 is 0 Å². The maximum Gasteiger partial charge on any atom is 0.238 e. The number of piperidine rings is 2. The number of carbonyl (C=O) groups is 2. The van der Waals surface area contributed by atoms with E-state index >= 15 is 0 Å². The molecule has 0 radical (unpaired) electrons. The second kappa shape index (κ2) is 12.7. The van der Waals surface area contributed by atoms with Crippen LogP contribution in [0.15, 0.2) is 49.1 Å². The molecule has 1 aromatic carbocycles. The van der Waals surface area contributed by atoms with Crippen molar-refractivity contribution in [1.29, 1.82) is 0 Å². The van der Waals surface area contributed by atoms with Crippen LogP contribution in [-0.4, -0.2) is 92.6 Å². The lowest BCUT2D eigenvalue weighted by atomic mass is 9.73. The van der Waals surface area contributed by atoms with Gasteiger partial charge in [-0.2, -0.15) is 0 Å². The zero-order valence-electron chi connectivity index (χ0n) is 29.4. The Morgan fingerprint density at radius 1 is 1.02 bits per heavy atom. The zero-order valence-corrected chi connectivity index (χ0v) is 29.4. The fraction of sp³-hybridized carbons (Fsp3) is 0.513. The van der Waals surface area contributed by atoms with Gasteiger partial charge in [-0.25, -0.2) is 14.4 Å². The monoisotopic (exact) mass is 692 g/mol. The predicted molar refractivity (Wildman–Crippen MR) is 192 cm³/mol. The number of nitrogens with zero attached hydrogens (tertiary/aromatic N) is 7. The van der Waals surface area contributed by atoms with E-state index in [4.69, 9.17) is 14.7 Å². The molecule has 4 aromatic rings. The molecule has 7 heterocycles. The van der Waals surface area contributed by atoms with Gasteiger partial charge < -0.3 is 29.3 Å². The molecule has 1 spiro atoms. The van der Waals surface area contributed by atoms with Crippen LogP contribution in [0.4, 0.5) is 21.6 Å². The number of benzene rings is 1. The molecule has 5 aliphatic rings. The first kappa shape index (κ1) is 32.5. The Morgan fingerprint density at radius 2 is 1.80 bits per heavy atom. The van der Waals surface area contributed by atoms with Gasteiger partial charge in [0.1, 0.15) is 5.52 Å². The Morgan fingerprint density at radius 3 is 2.51 bits per heavy atom. The molecule has 1 N–H and O–H groups in total. The molecule has 3 aromatic heterocycles. The first-order chi connectivity index (χ1) is 24.8. The highest BCUT2D eigenvalue weighted by Crippen LogP contribution is 2.52. The molecule has 3 saturated heterocycles. The number of pyridine rings is 2. The van der Waals surface area contributed by atoms with Gasteiger partial charge in [-0.05, 0) is 89.2 Å². The van der Waals surface area contributed by atoms with Crippen LogP contribution in [0.3, 0.4) is 0 Å². The van der Waals surface area contributed by atoms with E-state index < -0.39 is 11.2 Å². The number of fused-ring (bicyclic) bond motifs is 3. The fourth-order valence-corrected chi connectivity index (χ4v) is 8.98. The molecule has 266 valence electrons. The number of amides is 2. The summed E-state index contributed by atoms with van der Waals surface area (Å²) in [5.74, 6) is 0.293. The number of ether oxygens (including phenoxy) is 1. The molecule has 0 unspecified atom stereocenters. The molecule has 4 fully saturated rings. The third-order valence-corrected chi connectivity index (χ3v) is 12.1. The van der Waals surface area contributed by atoms with Crippen LogP contribution in [0, 0.1) is 11.7 Å². The number of rotatable bonds is 7. The number of halogens is 1. The van der Waals surface area contributed by atoms with Gasteiger partial charge in [-0.15, -0.1) is 0 Å². The van der Waals surface area contributed by atoms with E-state index in [1.807, 2.05) is 15.5 Å². The van der Waals surface area contributed by atoms with E-state index in [2.05, 4.69) is 52.1 Å². The lowest BCUT2D eigenvalue weighted by molar-refractivity contribution is -0.152. The highest BCUT2D eigenvalue weighted by molar-refractivity contribution is 6.09.